The van der Waals surface area contributed by atoms with Crippen molar-refractivity contribution in [2.24, 2.45) is 0 Å². The Balaban J connectivity index is 2.46. The molecule has 0 heterocycles. The summed E-state index contributed by atoms with van der Waals surface area (Å²) in [7, 11) is 0. The first-order valence-corrected chi connectivity index (χ1v) is 5.45. The Morgan fingerprint density at radius 1 is 1.06 bits per heavy atom. The van der Waals surface area contributed by atoms with Gasteiger partial charge in [-0.25, -0.2) is 0 Å². The smallest absolute Gasteiger partial charge is 0.385 e. The number of benzene rings is 1. The molecule has 1 aromatic rings. The molecule has 4 heteroatoms. The molecular weight excluding hydrogens is 215 g/mol. The fraction of sp³-hybridized carbons (Fsp3) is 0.500. The van der Waals surface area contributed by atoms with Crippen LogP contribution >= 0.6 is 0 Å². The summed E-state index contributed by atoms with van der Waals surface area (Å²) in [6.45, 7) is 2.91. The van der Waals surface area contributed by atoms with Gasteiger partial charge in [0, 0.05) is 12.2 Å². The highest BCUT2D eigenvalue weighted by molar-refractivity contribution is 5.44. The van der Waals surface area contributed by atoms with E-state index in [9.17, 15) is 13.2 Å². The van der Waals surface area contributed by atoms with Crippen LogP contribution in [-0.4, -0.2) is 6.54 Å². The van der Waals surface area contributed by atoms with E-state index >= 15 is 0 Å². The first kappa shape index (κ1) is 12.9. The van der Waals surface area contributed by atoms with Crippen LogP contribution in [0.4, 0.5) is 18.9 Å². The molecule has 0 aliphatic carbocycles. The summed E-state index contributed by atoms with van der Waals surface area (Å²) in [5.74, 6) is 0. The van der Waals surface area contributed by atoms with E-state index in [2.05, 4.69) is 12.2 Å². The Kier molecular flexibility index (Phi) is 4.65. The topological polar surface area (TPSA) is 12.0 Å². The lowest BCUT2D eigenvalue weighted by molar-refractivity contribution is -0.137. The average Bonchev–Trinajstić information content (AvgIpc) is 2.24. The summed E-state index contributed by atoms with van der Waals surface area (Å²) in [6, 6.07) is 5.13. The Labute approximate surface area is 93.7 Å². The van der Waals surface area contributed by atoms with Crippen molar-refractivity contribution in [2.75, 3.05) is 11.9 Å². The zero-order chi connectivity index (χ0) is 12.0. The van der Waals surface area contributed by atoms with Crippen molar-refractivity contribution >= 4 is 5.69 Å². The van der Waals surface area contributed by atoms with E-state index in [-0.39, 0.29) is 0 Å². The van der Waals surface area contributed by atoms with Crippen molar-refractivity contribution in [2.45, 2.75) is 32.4 Å². The minimum Gasteiger partial charge on any atom is -0.385 e. The molecule has 1 nitrogen and oxygen atoms in total. The largest absolute Gasteiger partial charge is 0.416 e. The molecule has 0 fully saturated rings. The van der Waals surface area contributed by atoms with E-state index in [0.29, 0.717) is 0 Å². The SMILES string of the molecule is CCCCCNc1ccc(C(F)(F)F)cc1. The number of unbranched alkanes of at least 4 members (excludes halogenated alkanes) is 2. The van der Waals surface area contributed by atoms with Crippen LogP contribution in [-0.2, 0) is 6.18 Å². The van der Waals surface area contributed by atoms with Crippen molar-refractivity contribution in [1.29, 1.82) is 0 Å². The molecular formula is C12H16F3N. The van der Waals surface area contributed by atoms with Gasteiger partial charge in [-0.2, -0.15) is 13.2 Å². The maximum Gasteiger partial charge on any atom is 0.416 e. The van der Waals surface area contributed by atoms with Crippen LogP contribution in [0.5, 0.6) is 0 Å². The highest BCUT2D eigenvalue weighted by Gasteiger charge is 2.29. The van der Waals surface area contributed by atoms with Gasteiger partial charge in [-0.15, -0.1) is 0 Å². The predicted octanol–water partition coefficient (Wildman–Crippen LogP) is 4.31. The zero-order valence-corrected chi connectivity index (χ0v) is 9.27. The van der Waals surface area contributed by atoms with Crippen LogP contribution in [0.3, 0.4) is 0 Å². The molecule has 0 saturated carbocycles. The summed E-state index contributed by atoms with van der Waals surface area (Å²) < 4.78 is 36.8. The van der Waals surface area contributed by atoms with Gasteiger partial charge in [0.05, 0.1) is 5.56 Å². The normalized spacial score (nSPS) is 11.5. The van der Waals surface area contributed by atoms with E-state index in [1.54, 1.807) is 0 Å². The van der Waals surface area contributed by atoms with E-state index in [0.717, 1.165) is 43.6 Å². The lowest BCUT2D eigenvalue weighted by atomic mass is 10.2. The van der Waals surface area contributed by atoms with Gasteiger partial charge in [0.25, 0.3) is 0 Å². The second-order valence-corrected chi connectivity index (χ2v) is 3.71. The third-order valence-electron chi connectivity index (χ3n) is 2.32. The summed E-state index contributed by atoms with van der Waals surface area (Å²) in [6.07, 6.45) is -0.944. The van der Waals surface area contributed by atoms with Crippen molar-refractivity contribution in [3.63, 3.8) is 0 Å². The Bertz CT molecular complexity index is 303. The van der Waals surface area contributed by atoms with Crippen LogP contribution in [0.1, 0.15) is 31.7 Å². The molecule has 0 amide bonds. The van der Waals surface area contributed by atoms with Crippen LogP contribution in [0.15, 0.2) is 24.3 Å². The number of rotatable bonds is 5. The number of halogens is 3. The second kappa shape index (κ2) is 5.77. The van der Waals surface area contributed by atoms with Crippen LogP contribution in [0, 0.1) is 0 Å². The van der Waals surface area contributed by atoms with E-state index in [4.69, 9.17) is 0 Å². The van der Waals surface area contributed by atoms with Crippen LogP contribution in [0.25, 0.3) is 0 Å². The molecule has 90 valence electrons. The number of hydrogen-bond acceptors (Lipinski definition) is 1. The van der Waals surface area contributed by atoms with E-state index in [1.807, 2.05) is 0 Å². The Morgan fingerprint density at radius 2 is 1.69 bits per heavy atom. The predicted molar refractivity (Wildman–Crippen MR) is 59.5 cm³/mol. The quantitative estimate of drug-likeness (QED) is 0.745. The fourth-order valence-corrected chi connectivity index (χ4v) is 1.38. The molecule has 0 radical (unpaired) electrons. The van der Waals surface area contributed by atoms with Crippen molar-refractivity contribution in [1.82, 2.24) is 0 Å². The molecule has 0 saturated heterocycles. The minimum absolute atomic E-state index is 0.605. The van der Waals surface area contributed by atoms with E-state index < -0.39 is 11.7 Å². The highest BCUT2D eigenvalue weighted by Crippen LogP contribution is 2.29. The molecule has 0 aliphatic rings. The van der Waals surface area contributed by atoms with Gasteiger partial charge in [0.15, 0.2) is 0 Å². The first-order chi connectivity index (χ1) is 7.54. The third-order valence-corrected chi connectivity index (χ3v) is 2.32. The lowest BCUT2D eigenvalue weighted by Crippen LogP contribution is -2.05. The molecule has 1 N–H and O–H groups in total. The second-order valence-electron chi connectivity index (χ2n) is 3.71. The maximum absolute atomic E-state index is 12.3. The molecule has 16 heavy (non-hydrogen) atoms. The molecule has 0 atom stereocenters. The number of anilines is 1. The van der Waals surface area contributed by atoms with Gasteiger partial charge < -0.3 is 5.32 Å². The summed E-state index contributed by atoms with van der Waals surface area (Å²) in [5, 5.41) is 3.09. The maximum atomic E-state index is 12.3. The average molecular weight is 231 g/mol. The first-order valence-electron chi connectivity index (χ1n) is 5.45. The summed E-state index contributed by atoms with van der Waals surface area (Å²) >= 11 is 0. The van der Waals surface area contributed by atoms with Gasteiger partial charge in [0.1, 0.15) is 0 Å². The number of hydrogen-bond donors (Lipinski definition) is 1. The van der Waals surface area contributed by atoms with Gasteiger partial charge in [-0.1, -0.05) is 19.8 Å². The van der Waals surface area contributed by atoms with E-state index in [1.165, 1.54) is 12.1 Å². The van der Waals surface area contributed by atoms with Gasteiger partial charge in [-0.05, 0) is 30.7 Å². The lowest BCUT2D eigenvalue weighted by Gasteiger charge is -2.09. The van der Waals surface area contributed by atoms with Crippen LogP contribution in [0.2, 0.25) is 0 Å². The third kappa shape index (κ3) is 4.13. The monoisotopic (exact) mass is 231 g/mol. The van der Waals surface area contributed by atoms with Gasteiger partial charge in [-0.3, -0.25) is 0 Å². The fourth-order valence-electron chi connectivity index (χ4n) is 1.38. The van der Waals surface area contributed by atoms with Gasteiger partial charge >= 0.3 is 6.18 Å². The Hall–Kier alpha value is -1.19. The molecule has 0 aliphatic heterocycles. The van der Waals surface area contributed by atoms with Crippen molar-refractivity contribution in [3.8, 4) is 0 Å². The number of alkyl halides is 3. The molecule has 0 bridgehead atoms. The molecule has 1 rings (SSSR count). The molecule has 0 spiro atoms. The summed E-state index contributed by atoms with van der Waals surface area (Å²) in [4.78, 5) is 0. The Morgan fingerprint density at radius 3 is 2.19 bits per heavy atom. The van der Waals surface area contributed by atoms with Gasteiger partial charge in [0.2, 0.25) is 0 Å². The standard InChI is InChI=1S/C12H16F3N/c1-2-3-4-9-16-11-7-5-10(6-8-11)12(13,14)15/h5-8,16H,2-4,9H2,1H3. The number of nitrogens with one attached hydrogen (secondary N) is 1. The summed E-state index contributed by atoms with van der Waals surface area (Å²) in [5.41, 5.74) is 0.135. The zero-order valence-electron chi connectivity index (χ0n) is 9.27. The minimum atomic E-state index is -4.25. The molecule has 0 unspecified atom stereocenters. The molecule has 0 aromatic heterocycles. The van der Waals surface area contributed by atoms with Crippen molar-refractivity contribution < 1.29 is 13.2 Å². The highest BCUT2D eigenvalue weighted by atomic mass is 19.4. The van der Waals surface area contributed by atoms with Crippen LogP contribution < -0.4 is 5.32 Å². The molecule has 1 aromatic carbocycles. The van der Waals surface area contributed by atoms with Crippen molar-refractivity contribution in [3.05, 3.63) is 29.8 Å².